The number of phosphoric ester groups is 1. The zero-order valence-electron chi connectivity index (χ0n) is 28.8. The summed E-state index contributed by atoms with van der Waals surface area (Å²) in [6.45, 7) is 5.08. The molecule has 0 saturated heterocycles. The quantitative estimate of drug-likeness (QED) is 0.0379. The Bertz CT molecular complexity index is 493. The van der Waals surface area contributed by atoms with Gasteiger partial charge in [0.25, 0.3) is 7.82 Å². The first kappa shape index (κ1) is 44.9. The van der Waals surface area contributed by atoms with Gasteiger partial charge in [-0.2, -0.15) is 0 Å². The van der Waals surface area contributed by atoms with Gasteiger partial charge < -0.3 is 13.9 Å². The van der Waals surface area contributed by atoms with E-state index in [4.69, 9.17) is 9.05 Å². The molecule has 0 aromatic carbocycles. The fourth-order valence-electron chi connectivity index (χ4n) is 5.69. The van der Waals surface area contributed by atoms with Crippen LogP contribution in [0.3, 0.4) is 0 Å². The second-order valence-electron chi connectivity index (χ2n) is 12.7. The van der Waals surface area contributed by atoms with Crippen LogP contribution >= 0.6 is 7.82 Å². The average molecular weight is 667 g/mol. The summed E-state index contributed by atoms with van der Waals surface area (Å²) in [7, 11) is -4.12. The van der Waals surface area contributed by atoms with E-state index >= 15 is 0 Å². The molecule has 42 heavy (non-hydrogen) atoms. The fourth-order valence-corrected chi connectivity index (χ4v) is 6.47. The van der Waals surface area contributed by atoms with Gasteiger partial charge in [-0.1, -0.05) is 206 Å². The zero-order valence-corrected chi connectivity index (χ0v) is 32.7. The summed E-state index contributed by atoms with van der Waals surface area (Å²) in [4.78, 5) is 11.9. The van der Waals surface area contributed by atoms with Crippen LogP contribution in [0.1, 0.15) is 219 Å². The Morgan fingerprint density at radius 2 is 0.524 bits per heavy atom. The average Bonchev–Trinajstić information content (AvgIpc) is 2.96. The minimum atomic E-state index is -4.12. The van der Waals surface area contributed by atoms with Crippen molar-refractivity contribution in [3.8, 4) is 0 Å². The van der Waals surface area contributed by atoms with E-state index in [0.29, 0.717) is 0 Å². The van der Waals surface area contributed by atoms with Crippen molar-refractivity contribution in [3.63, 3.8) is 0 Å². The Morgan fingerprint density at radius 3 is 0.714 bits per heavy atom. The normalized spacial score (nSPS) is 11.7. The maximum atomic E-state index is 11.9. The van der Waals surface area contributed by atoms with Crippen molar-refractivity contribution in [1.29, 1.82) is 0 Å². The molecule has 0 fully saturated rings. The molecule has 0 rings (SSSR count). The summed E-state index contributed by atoms with van der Waals surface area (Å²) < 4.78 is 22.0. The Labute approximate surface area is 277 Å². The molecule has 0 aliphatic rings. The molecular formula is C36H74O4PZn+. The third-order valence-corrected chi connectivity index (χ3v) is 9.49. The summed E-state index contributed by atoms with van der Waals surface area (Å²) in [5, 5.41) is 0. The van der Waals surface area contributed by atoms with Gasteiger partial charge >= 0.3 is 19.5 Å². The summed E-state index contributed by atoms with van der Waals surface area (Å²) in [6, 6.07) is 0. The van der Waals surface area contributed by atoms with Crippen LogP contribution in [-0.4, -0.2) is 13.2 Å². The van der Waals surface area contributed by atoms with Crippen molar-refractivity contribution < 1.29 is 38.0 Å². The molecule has 0 atom stereocenters. The summed E-state index contributed by atoms with van der Waals surface area (Å²) in [5.74, 6) is 0. The summed E-state index contributed by atoms with van der Waals surface area (Å²) >= 11 is 0. The standard InChI is InChI=1S/C36H75O4P.Zn/c1-3-5-7-9-11-13-15-17-19-21-23-25-27-29-31-33-35-39-41(37,38)40-36-34-32-30-28-26-24-22-20-18-16-14-12-10-8-6-4-2;/h3-36H2,1-2H3,(H,37,38);/q;+2/p-1. The zero-order chi connectivity index (χ0) is 30.0. The molecule has 248 valence electrons. The molecular weight excluding hydrogens is 593 g/mol. The van der Waals surface area contributed by atoms with Crippen LogP contribution in [-0.2, 0) is 33.1 Å². The number of rotatable bonds is 36. The molecule has 6 heteroatoms. The Morgan fingerprint density at radius 1 is 0.357 bits per heavy atom. The molecule has 0 aromatic rings. The van der Waals surface area contributed by atoms with Crippen LogP contribution in [0.2, 0.25) is 0 Å². The van der Waals surface area contributed by atoms with Gasteiger partial charge in [0.15, 0.2) is 0 Å². The first-order valence-corrected chi connectivity index (χ1v) is 20.2. The van der Waals surface area contributed by atoms with Crippen molar-refractivity contribution in [1.82, 2.24) is 0 Å². The van der Waals surface area contributed by atoms with Crippen molar-refractivity contribution >= 4 is 7.82 Å². The Kier molecular flexibility index (Phi) is 40.5. The summed E-state index contributed by atoms with van der Waals surface area (Å²) in [6.07, 6.45) is 41.9. The number of hydrogen-bond acceptors (Lipinski definition) is 4. The molecule has 0 N–H and O–H groups in total. The second-order valence-corrected chi connectivity index (χ2v) is 14.1. The Balaban J connectivity index is 0. The smallest absolute Gasteiger partial charge is 0.756 e. The van der Waals surface area contributed by atoms with Gasteiger partial charge in [0.2, 0.25) is 0 Å². The molecule has 0 bridgehead atoms. The third-order valence-electron chi connectivity index (χ3n) is 8.49. The van der Waals surface area contributed by atoms with Crippen molar-refractivity contribution in [3.05, 3.63) is 0 Å². The maximum absolute atomic E-state index is 11.9. The van der Waals surface area contributed by atoms with E-state index in [1.807, 2.05) is 0 Å². The molecule has 0 spiro atoms. The number of phosphoric acid groups is 1. The van der Waals surface area contributed by atoms with Crippen LogP contribution in [0.4, 0.5) is 0 Å². The molecule has 0 aromatic heterocycles. The molecule has 0 saturated carbocycles. The van der Waals surface area contributed by atoms with Gasteiger partial charge in [-0.25, -0.2) is 0 Å². The SMILES string of the molecule is CCCCCCCCCCCCCCCCCCOP(=O)([O-])OCCCCCCCCCCCCCCCCCC.[Zn+2]. The van der Waals surface area contributed by atoms with E-state index < -0.39 is 7.82 Å². The number of hydrogen-bond donors (Lipinski definition) is 0. The topological polar surface area (TPSA) is 58.6 Å². The molecule has 0 aliphatic carbocycles. The largest absolute Gasteiger partial charge is 2.00 e. The van der Waals surface area contributed by atoms with Gasteiger partial charge in [0.05, 0.1) is 13.2 Å². The van der Waals surface area contributed by atoms with Crippen LogP contribution < -0.4 is 4.89 Å². The maximum Gasteiger partial charge on any atom is 2.00 e. The van der Waals surface area contributed by atoms with Crippen LogP contribution in [0.15, 0.2) is 0 Å². The van der Waals surface area contributed by atoms with Gasteiger partial charge in [-0.15, -0.1) is 0 Å². The van der Waals surface area contributed by atoms with Crippen molar-refractivity contribution in [2.75, 3.05) is 13.2 Å². The number of unbranched alkanes of at least 4 members (excludes halogenated alkanes) is 30. The second kappa shape index (κ2) is 37.9. The molecule has 0 aliphatic heterocycles. The predicted molar refractivity (Wildman–Crippen MR) is 179 cm³/mol. The first-order chi connectivity index (χ1) is 20.1. The Hall–Kier alpha value is 0.733. The van der Waals surface area contributed by atoms with Gasteiger partial charge in [0, 0.05) is 0 Å². The first-order valence-electron chi connectivity index (χ1n) is 18.7. The minimum Gasteiger partial charge on any atom is -0.756 e. The minimum absolute atomic E-state index is 0. The molecule has 0 amide bonds. The molecule has 0 radical (unpaired) electrons. The van der Waals surface area contributed by atoms with E-state index in [0.717, 1.165) is 25.7 Å². The predicted octanol–water partition coefficient (Wildman–Crippen LogP) is 13.0. The van der Waals surface area contributed by atoms with Gasteiger partial charge in [-0.05, 0) is 12.8 Å². The van der Waals surface area contributed by atoms with E-state index in [1.54, 1.807) is 0 Å². The molecule has 0 unspecified atom stereocenters. The third kappa shape index (κ3) is 38.8. The van der Waals surface area contributed by atoms with E-state index in [-0.39, 0.29) is 32.7 Å². The monoisotopic (exact) mass is 665 g/mol. The van der Waals surface area contributed by atoms with Crippen molar-refractivity contribution in [2.45, 2.75) is 219 Å². The van der Waals surface area contributed by atoms with Crippen molar-refractivity contribution in [2.24, 2.45) is 0 Å². The van der Waals surface area contributed by atoms with Gasteiger partial charge in [0.1, 0.15) is 0 Å². The fraction of sp³-hybridized carbons (Fsp3) is 1.00. The molecule has 0 heterocycles. The van der Waals surface area contributed by atoms with Crippen LogP contribution in [0, 0.1) is 0 Å². The molecule has 4 nitrogen and oxygen atoms in total. The van der Waals surface area contributed by atoms with Crippen LogP contribution in [0.25, 0.3) is 0 Å². The van der Waals surface area contributed by atoms with E-state index in [1.165, 1.54) is 180 Å². The van der Waals surface area contributed by atoms with Gasteiger partial charge in [-0.3, -0.25) is 4.57 Å². The van der Waals surface area contributed by atoms with E-state index in [9.17, 15) is 9.46 Å². The van der Waals surface area contributed by atoms with Crippen LogP contribution in [0.5, 0.6) is 0 Å². The summed E-state index contributed by atoms with van der Waals surface area (Å²) in [5.41, 5.74) is 0. The van der Waals surface area contributed by atoms with E-state index in [2.05, 4.69) is 13.8 Å².